The summed E-state index contributed by atoms with van der Waals surface area (Å²) >= 11 is 0. The molecule has 9 heteroatoms. The highest BCUT2D eigenvalue weighted by atomic mass is 16.6. The Balaban J connectivity index is 1.52. The Labute approximate surface area is 182 Å². The number of ether oxygens (including phenoxy) is 2. The van der Waals surface area contributed by atoms with Crippen LogP contribution in [0.1, 0.15) is 25.8 Å². The molecule has 2 heterocycles. The molecule has 3 rings (SSSR count). The molecule has 2 amide bonds. The number of nitrogens with zero attached hydrogens (tertiary/aromatic N) is 2. The van der Waals surface area contributed by atoms with E-state index in [1.54, 1.807) is 12.0 Å². The number of hydrogen-bond donors (Lipinski definition) is 2. The fourth-order valence-electron chi connectivity index (χ4n) is 3.78. The SMILES string of the molecule is COc1ccc(CN2CCN(C(=O)C(CC(C)C)NC(=O)C3OC3C(=O)O)CC2)cc1. The number of carbonyl (C=O) groups excluding carboxylic acids is 2. The lowest BCUT2D eigenvalue weighted by Gasteiger charge is -2.36. The third-order valence-electron chi connectivity index (χ3n) is 5.56. The van der Waals surface area contributed by atoms with Gasteiger partial charge in [-0.2, -0.15) is 0 Å². The van der Waals surface area contributed by atoms with Crippen LogP contribution in [0, 0.1) is 5.92 Å². The zero-order chi connectivity index (χ0) is 22.5. The van der Waals surface area contributed by atoms with Gasteiger partial charge in [0.05, 0.1) is 7.11 Å². The number of carboxylic acids is 1. The van der Waals surface area contributed by atoms with E-state index < -0.39 is 30.1 Å². The van der Waals surface area contributed by atoms with Crippen molar-refractivity contribution in [2.24, 2.45) is 5.92 Å². The highest BCUT2D eigenvalue weighted by molar-refractivity contribution is 5.95. The van der Waals surface area contributed by atoms with Crippen molar-refractivity contribution in [3.05, 3.63) is 29.8 Å². The molecule has 2 saturated heterocycles. The molecule has 2 N–H and O–H groups in total. The molecule has 3 unspecified atom stereocenters. The molecule has 9 nitrogen and oxygen atoms in total. The Hall–Kier alpha value is -2.65. The van der Waals surface area contributed by atoms with Crippen LogP contribution in [0.4, 0.5) is 0 Å². The number of methoxy groups -OCH3 is 1. The van der Waals surface area contributed by atoms with Crippen LogP contribution in [0.2, 0.25) is 0 Å². The molecule has 3 atom stereocenters. The highest BCUT2D eigenvalue weighted by Gasteiger charge is 2.51. The standard InChI is InChI=1S/C22H31N3O6/c1-14(2)12-17(23-20(26)18-19(31-18)22(28)29)21(27)25-10-8-24(9-11-25)13-15-4-6-16(30-3)7-5-15/h4-7,14,17-19H,8-13H2,1-3H3,(H,23,26)(H,28,29). The van der Waals surface area contributed by atoms with E-state index in [4.69, 9.17) is 14.6 Å². The van der Waals surface area contributed by atoms with E-state index in [0.717, 1.165) is 25.4 Å². The molecule has 0 saturated carbocycles. The normalized spacial score (nSPS) is 22.1. The van der Waals surface area contributed by atoms with Crippen molar-refractivity contribution >= 4 is 17.8 Å². The van der Waals surface area contributed by atoms with Gasteiger partial charge in [0.1, 0.15) is 11.8 Å². The number of hydrogen-bond acceptors (Lipinski definition) is 6. The zero-order valence-electron chi connectivity index (χ0n) is 18.2. The summed E-state index contributed by atoms with van der Waals surface area (Å²) in [5.74, 6) is -0.812. The summed E-state index contributed by atoms with van der Waals surface area (Å²) in [5.41, 5.74) is 1.18. The third-order valence-corrected chi connectivity index (χ3v) is 5.56. The average molecular weight is 434 g/mol. The van der Waals surface area contributed by atoms with E-state index in [9.17, 15) is 14.4 Å². The second-order valence-corrected chi connectivity index (χ2v) is 8.46. The van der Waals surface area contributed by atoms with Crippen LogP contribution < -0.4 is 10.1 Å². The predicted octanol–water partition coefficient (Wildman–Crippen LogP) is 0.722. The lowest BCUT2D eigenvalue weighted by atomic mass is 10.0. The van der Waals surface area contributed by atoms with Crippen LogP contribution in [-0.2, 0) is 25.7 Å². The molecular formula is C22H31N3O6. The minimum Gasteiger partial charge on any atom is -0.497 e. The maximum absolute atomic E-state index is 13.1. The zero-order valence-corrected chi connectivity index (χ0v) is 18.2. The third kappa shape index (κ3) is 6.18. The predicted molar refractivity (Wildman–Crippen MR) is 113 cm³/mol. The van der Waals surface area contributed by atoms with Gasteiger partial charge in [0, 0.05) is 32.7 Å². The fraction of sp³-hybridized carbons (Fsp3) is 0.591. The summed E-state index contributed by atoms with van der Waals surface area (Å²) in [5, 5.41) is 11.6. The molecule has 2 fully saturated rings. The first-order valence-electron chi connectivity index (χ1n) is 10.6. The van der Waals surface area contributed by atoms with E-state index in [0.29, 0.717) is 19.5 Å². The average Bonchev–Trinajstić information content (AvgIpc) is 3.55. The first kappa shape index (κ1) is 23.0. The molecule has 2 aliphatic heterocycles. The Bertz CT molecular complexity index is 789. The van der Waals surface area contributed by atoms with E-state index in [1.165, 1.54) is 5.56 Å². The highest BCUT2D eigenvalue weighted by Crippen LogP contribution is 2.23. The molecule has 0 aromatic heterocycles. The molecule has 31 heavy (non-hydrogen) atoms. The Kier molecular flexibility index (Phi) is 7.50. The van der Waals surface area contributed by atoms with Crippen molar-refractivity contribution in [1.29, 1.82) is 0 Å². The smallest absolute Gasteiger partial charge is 0.336 e. The summed E-state index contributed by atoms with van der Waals surface area (Å²) in [6.07, 6.45) is -1.64. The monoisotopic (exact) mass is 433 g/mol. The molecule has 1 aromatic carbocycles. The van der Waals surface area contributed by atoms with Crippen LogP contribution in [0.3, 0.4) is 0 Å². The van der Waals surface area contributed by atoms with Gasteiger partial charge in [-0.1, -0.05) is 26.0 Å². The Morgan fingerprint density at radius 3 is 2.29 bits per heavy atom. The molecule has 2 aliphatic rings. The number of carboxylic acid groups (broad SMARTS) is 1. The van der Waals surface area contributed by atoms with Crippen molar-refractivity contribution in [1.82, 2.24) is 15.1 Å². The first-order chi connectivity index (χ1) is 14.8. The molecule has 0 spiro atoms. The number of aliphatic carboxylic acids is 1. The van der Waals surface area contributed by atoms with E-state index >= 15 is 0 Å². The van der Waals surface area contributed by atoms with Gasteiger partial charge in [0.15, 0.2) is 12.2 Å². The van der Waals surface area contributed by atoms with E-state index in [2.05, 4.69) is 10.2 Å². The summed E-state index contributed by atoms with van der Waals surface area (Å²) in [7, 11) is 1.64. The number of carbonyl (C=O) groups is 3. The first-order valence-corrected chi connectivity index (χ1v) is 10.6. The topological polar surface area (TPSA) is 112 Å². The quantitative estimate of drug-likeness (QED) is 0.552. The van der Waals surface area contributed by atoms with Gasteiger partial charge >= 0.3 is 5.97 Å². The minimum atomic E-state index is -1.17. The van der Waals surface area contributed by atoms with Crippen LogP contribution >= 0.6 is 0 Å². The van der Waals surface area contributed by atoms with Gasteiger partial charge in [-0.05, 0) is 30.0 Å². The summed E-state index contributed by atoms with van der Waals surface area (Å²) in [6.45, 7) is 7.40. The largest absolute Gasteiger partial charge is 0.497 e. The summed E-state index contributed by atoms with van der Waals surface area (Å²) in [4.78, 5) is 40.4. The fourth-order valence-corrected chi connectivity index (χ4v) is 3.78. The number of amides is 2. The second-order valence-electron chi connectivity index (χ2n) is 8.46. The van der Waals surface area contributed by atoms with Crippen molar-refractivity contribution in [3.8, 4) is 5.75 Å². The van der Waals surface area contributed by atoms with Gasteiger partial charge in [-0.3, -0.25) is 14.5 Å². The van der Waals surface area contributed by atoms with Gasteiger partial charge in [-0.25, -0.2) is 4.79 Å². The number of benzene rings is 1. The molecule has 1 aromatic rings. The summed E-state index contributed by atoms with van der Waals surface area (Å²) < 4.78 is 10.1. The van der Waals surface area contributed by atoms with Crippen molar-refractivity contribution in [3.63, 3.8) is 0 Å². The Morgan fingerprint density at radius 1 is 1.13 bits per heavy atom. The Morgan fingerprint density at radius 2 is 1.77 bits per heavy atom. The van der Waals surface area contributed by atoms with Crippen LogP contribution in [0.15, 0.2) is 24.3 Å². The maximum Gasteiger partial charge on any atom is 0.336 e. The molecule has 0 aliphatic carbocycles. The van der Waals surface area contributed by atoms with Crippen molar-refractivity contribution < 1.29 is 29.0 Å². The number of epoxide rings is 1. The van der Waals surface area contributed by atoms with Crippen molar-refractivity contribution in [2.45, 2.75) is 45.1 Å². The minimum absolute atomic E-state index is 0.126. The second kappa shape index (κ2) is 10.1. The van der Waals surface area contributed by atoms with Gasteiger partial charge in [-0.15, -0.1) is 0 Å². The number of rotatable bonds is 9. The molecule has 0 radical (unpaired) electrons. The lowest BCUT2D eigenvalue weighted by molar-refractivity contribution is -0.138. The van der Waals surface area contributed by atoms with Gasteiger partial charge in [0.25, 0.3) is 5.91 Å². The summed E-state index contributed by atoms with van der Waals surface area (Å²) in [6, 6.07) is 7.27. The van der Waals surface area contributed by atoms with Gasteiger partial charge < -0.3 is 24.8 Å². The lowest BCUT2D eigenvalue weighted by Crippen LogP contribution is -2.55. The van der Waals surface area contributed by atoms with Crippen molar-refractivity contribution in [2.75, 3.05) is 33.3 Å². The van der Waals surface area contributed by atoms with Crippen LogP contribution in [0.5, 0.6) is 5.75 Å². The number of nitrogens with one attached hydrogen (secondary N) is 1. The van der Waals surface area contributed by atoms with Crippen LogP contribution in [0.25, 0.3) is 0 Å². The molecule has 0 bridgehead atoms. The molecule has 170 valence electrons. The van der Waals surface area contributed by atoms with Crippen LogP contribution in [-0.4, -0.2) is 84.2 Å². The maximum atomic E-state index is 13.1. The van der Waals surface area contributed by atoms with E-state index in [-0.39, 0.29) is 11.8 Å². The molecular weight excluding hydrogens is 402 g/mol. The van der Waals surface area contributed by atoms with Gasteiger partial charge in [0.2, 0.25) is 5.91 Å². The van der Waals surface area contributed by atoms with E-state index in [1.807, 2.05) is 38.1 Å². The number of piperazine rings is 1.